The zero-order valence-corrected chi connectivity index (χ0v) is 16.4. The van der Waals surface area contributed by atoms with Gasteiger partial charge in [-0.1, -0.05) is 36.4 Å². The van der Waals surface area contributed by atoms with Gasteiger partial charge >= 0.3 is 0 Å². The Kier molecular flexibility index (Phi) is 4.44. The Bertz CT molecular complexity index is 992. The number of aromatic nitrogens is 1. The first-order chi connectivity index (χ1) is 13.1. The predicted octanol–water partition coefficient (Wildman–Crippen LogP) is 4.72. The second kappa shape index (κ2) is 6.92. The Morgan fingerprint density at radius 2 is 1.63 bits per heavy atom. The Balaban J connectivity index is 1.74. The summed E-state index contributed by atoms with van der Waals surface area (Å²) in [6.45, 7) is 4.44. The third kappa shape index (κ3) is 3.10. The molecule has 0 saturated carbocycles. The molecule has 0 aliphatic carbocycles. The van der Waals surface area contributed by atoms with E-state index in [1.165, 1.54) is 33.6 Å². The lowest BCUT2D eigenvalue weighted by Gasteiger charge is -2.28. The highest BCUT2D eigenvalue weighted by molar-refractivity contribution is 5.73. The Hall–Kier alpha value is -3.07. The van der Waals surface area contributed by atoms with Crippen molar-refractivity contribution in [3.63, 3.8) is 0 Å². The molecule has 0 amide bonds. The van der Waals surface area contributed by atoms with Crippen molar-refractivity contribution in [1.29, 1.82) is 0 Å². The summed E-state index contributed by atoms with van der Waals surface area (Å²) in [6, 6.07) is 21.5. The van der Waals surface area contributed by atoms with Gasteiger partial charge in [-0.3, -0.25) is 0 Å². The highest BCUT2D eigenvalue weighted by Gasteiger charge is 2.23. The molecule has 3 nitrogen and oxygen atoms in total. The van der Waals surface area contributed by atoms with E-state index in [1.54, 1.807) is 0 Å². The molecule has 1 aromatic heterocycles. The largest absolute Gasteiger partial charge is 0.359 e. The lowest BCUT2D eigenvalue weighted by molar-refractivity contribution is -0.659. The summed E-state index contributed by atoms with van der Waals surface area (Å²) in [5.41, 5.74) is 7.51. The molecule has 1 atom stereocenters. The lowest BCUT2D eigenvalue weighted by atomic mass is 10.0. The summed E-state index contributed by atoms with van der Waals surface area (Å²) in [7, 11) is 4.24. The van der Waals surface area contributed by atoms with Crippen LogP contribution in [-0.2, 0) is 7.05 Å². The predicted molar refractivity (Wildman–Crippen MR) is 112 cm³/mol. The van der Waals surface area contributed by atoms with Crippen LogP contribution >= 0.6 is 0 Å². The number of hydrogen-bond donors (Lipinski definition) is 0. The molecule has 0 N–H and O–H groups in total. The van der Waals surface area contributed by atoms with Gasteiger partial charge in [0.1, 0.15) is 13.2 Å². The lowest BCUT2D eigenvalue weighted by Crippen LogP contribution is -2.34. The minimum atomic E-state index is 0.327. The number of benzene rings is 2. The number of aryl methyl sites for hydroxylation is 1. The third-order valence-electron chi connectivity index (χ3n) is 5.55. The van der Waals surface area contributed by atoms with E-state index in [1.807, 2.05) is 0 Å². The van der Waals surface area contributed by atoms with Crippen molar-refractivity contribution >= 4 is 5.69 Å². The minimum absolute atomic E-state index is 0.327. The van der Waals surface area contributed by atoms with Crippen LogP contribution in [0.15, 0.2) is 79.3 Å². The van der Waals surface area contributed by atoms with Gasteiger partial charge in [0.25, 0.3) is 0 Å². The molecule has 4 rings (SSSR count). The van der Waals surface area contributed by atoms with Crippen LogP contribution in [0.4, 0.5) is 5.69 Å². The highest BCUT2D eigenvalue weighted by Crippen LogP contribution is 2.33. The van der Waals surface area contributed by atoms with Crippen molar-refractivity contribution in [3.8, 4) is 22.4 Å². The van der Waals surface area contributed by atoms with Crippen LogP contribution in [-0.4, -0.2) is 18.1 Å². The molecule has 2 heterocycles. The SMILES string of the molecule is Cc1c(-c2ccc(-c3ccccc3)c[n+]2C)cccc1N1C=CN(C)[C@@H]1C. The maximum Gasteiger partial charge on any atom is 0.212 e. The zero-order valence-electron chi connectivity index (χ0n) is 16.4. The molecule has 0 spiro atoms. The Labute approximate surface area is 161 Å². The van der Waals surface area contributed by atoms with Crippen LogP contribution in [0.5, 0.6) is 0 Å². The maximum absolute atomic E-state index is 2.33. The number of rotatable bonds is 3. The molecule has 0 radical (unpaired) electrons. The van der Waals surface area contributed by atoms with E-state index in [0.717, 1.165) is 0 Å². The van der Waals surface area contributed by atoms with Gasteiger partial charge in [-0.05, 0) is 43.2 Å². The van der Waals surface area contributed by atoms with Crippen LogP contribution in [0.3, 0.4) is 0 Å². The topological polar surface area (TPSA) is 10.4 Å². The molecule has 0 fully saturated rings. The van der Waals surface area contributed by atoms with Gasteiger partial charge in [0.2, 0.25) is 5.69 Å². The first-order valence-electron chi connectivity index (χ1n) is 9.40. The number of anilines is 1. The second-order valence-electron chi connectivity index (χ2n) is 7.23. The summed E-state index contributed by atoms with van der Waals surface area (Å²) in [5.74, 6) is 0. The quantitative estimate of drug-likeness (QED) is 0.629. The zero-order chi connectivity index (χ0) is 19.0. The molecular formula is C24H26N3+. The Morgan fingerprint density at radius 1 is 0.852 bits per heavy atom. The summed E-state index contributed by atoms with van der Waals surface area (Å²) in [5, 5.41) is 0. The van der Waals surface area contributed by atoms with Crippen LogP contribution in [0.25, 0.3) is 22.4 Å². The molecule has 3 aromatic rings. The third-order valence-corrected chi connectivity index (χ3v) is 5.55. The van der Waals surface area contributed by atoms with E-state index < -0.39 is 0 Å². The summed E-state index contributed by atoms with van der Waals surface area (Å²) < 4.78 is 2.23. The van der Waals surface area contributed by atoms with E-state index in [0.29, 0.717) is 6.17 Å². The van der Waals surface area contributed by atoms with E-state index in [2.05, 4.69) is 122 Å². The van der Waals surface area contributed by atoms with E-state index in [4.69, 9.17) is 0 Å². The fourth-order valence-corrected chi connectivity index (χ4v) is 3.77. The minimum Gasteiger partial charge on any atom is -0.359 e. The molecule has 1 aliphatic heterocycles. The van der Waals surface area contributed by atoms with Gasteiger partial charge in [-0.25, -0.2) is 4.57 Å². The number of pyridine rings is 1. The van der Waals surface area contributed by atoms with E-state index >= 15 is 0 Å². The smallest absolute Gasteiger partial charge is 0.212 e. The standard InChI is InChI=1S/C24H26N3/c1-18-22(11-8-12-23(18)27-16-15-25(3)19(27)2)24-14-13-21(17-26(24)4)20-9-6-5-7-10-20/h5-17,19H,1-4H3/q+1/t19-/m0/s1. The van der Waals surface area contributed by atoms with Gasteiger partial charge in [0.15, 0.2) is 6.20 Å². The van der Waals surface area contributed by atoms with Gasteiger partial charge in [0.05, 0.1) is 5.56 Å². The first-order valence-corrected chi connectivity index (χ1v) is 9.40. The van der Waals surface area contributed by atoms with Crippen LogP contribution in [0.2, 0.25) is 0 Å². The van der Waals surface area contributed by atoms with Gasteiger partial charge in [0, 0.05) is 36.8 Å². The summed E-state index contributed by atoms with van der Waals surface area (Å²) in [4.78, 5) is 4.55. The van der Waals surface area contributed by atoms with Gasteiger partial charge in [-0.15, -0.1) is 0 Å². The average Bonchev–Trinajstić information content (AvgIpc) is 3.02. The van der Waals surface area contributed by atoms with Gasteiger partial charge in [-0.2, -0.15) is 0 Å². The molecule has 0 bridgehead atoms. The summed E-state index contributed by atoms with van der Waals surface area (Å²) in [6.07, 6.45) is 6.83. The van der Waals surface area contributed by atoms with E-state index in [-0.39, 0.29) is 0 Å². The normalized spacial score (nSPS) is 16.2. The molecule has 0 unspecified atom stereocenters. The van der Waals surface area contributed by atoms with Crippen molar-refractivity contribution in [2.45, 2.75) is 20.0 Å². The van der Waals surface area contributed by atoms with Crippen molar-refractivity contribution < 1.29 is 4.57 Å². The molecule has 27 heavy (non-hydrogen) atoms. The Morgan fingerprint density at radius 3 is 2.30 bits per heavy atom. The average molecular weight is 356 g/mol. The summed E-state index contributed by atoms with van der Waals surface area (Å²) >= 11 is 0. The van der Waals surface area contributed by atoms with Crippen LogP contribution in [0.1, 0.15) is 12.5 Å². The van der Waals surface area contributed by atoms with Crippen molar-refractivity contribution in [2.75, 3.05) is 11.9 Å². The van der Waals surface area contributed by atoms with E-state index in [9.17, 15) is 0 Å². The van der Waals surface area contributed by atoms with Crippen LogP contribution < -0.4 is 9.47 Å². The van der Waals surface area contributed by atoms with Crippen LogP contribution in [0, 0.1) is 6.92 Å². The highest BCUT2D eigenvalue weighted by atomic mass is 15.4. The fraction of sp³-hybridized carbons (Fsp3) is 0.208. The monoisotopic (exact) mass is 356 g/mol. The van der Waals surface area contributed by atoms with Crippen molar-refractivity contribution in [3.05, 3.63) is 84.8 Å². The second-order valence-corrected chi connectivity index (χ2v) is 7.23. The molecular weight excluding hydrogens is 330 g/mol. The van der Waals surface area contributed by atoms with Crippen molar-refractivity contribution in [1.82, 2.24) is 4.90 Å². The fourth-order valence-electron chi connectivity index (χ4n) is 3.77. The molecule has 0 saturated heterocycles. The molecule has 1 aliphatic rings. The first kappa shape index (κ1) is 17.3. The maximum atomic E-state index is 2.33. The molecule has 136 valence electrons. The van der Waals surface area contributed by atoms with Crippen molar-refractivity contribution in [2.24, 2.45) is 7.05 Å². The number of nitrogens with zero attached hydrogens (tertiary/aromatic N) is 3. The van der Waals surface area contributed by atoms with Gasteiger partial charge < -0.3 is 9.80 Å². The molecule has 2 aromatic carbocycles. The number of hydrogen-bond acceptors (Lipinski definition) is 2. The molecule has 3 heteroatoms.